The fourth-order valence-corrected chi connectivity index (χ4v) is 1.39. The summed E-state index contributed by atoms with van der Waals surface area (Å²) in [6.45, 7) is 3.28. The maximum Gasteiger partial charge on any atom is 0.127 e. The van der Waals surface area contributed by atoms with Gasteiger partial charge in [-0.3, -0.25) is 4.99 Å². The zero-order chi connectivity index (χ0) is 7.68. The number of amidine groups is 1. The Morgan fingerprint density at radius 2 is 2.45 bits per heavy atom. The van der Waals surface area contributed by atoms with Gasteiger partial charge in [0.25, 0.3) is 0 Å². The molecule has 1 unspecified atom stereocenters. The molecule has 0 aromatic carbocycles. The van der Waals surface area contributed by atoms with Crippen molar-refractivity contribution in [2.24, 2.45) is 4.99 Å². The molecule has 0 amide bonds. The average Bonchev–Trinajstić information content (AvgIpc) is 2.04. The molecule has 0 aromatic heterocycles. The number of hydrogen-bond acceptors (Lipinski definition) is 2. The first-order valence-corrected chi connectivity index (χ1v) is 4.05. The SMILES string of the molecule is CC1CCN2C=CC=CC2=N1. The van der Waals surface area contributed by atoms with E-state index in [1.54, 1.807) is 0 Å². The first kappa shape index (κ1) is 6.65. The molecule has 0 N–H and O–H groups in total. The Kier molecular flexibility index (Phi) is 1.53. The third-order valence-electron chi connectivity index (χ3n) is 2.06. The van der Waals surface area contributed by atoms with Gasteiger partial charge in [-0.15, -0.1) is 0 Å². The van der Waals surface area contributed by atoms with E-state index in [1.165, 1.54) is 6.42 Å². The van der Waals surface area contributed by atoms with E-state index < -0.39 is 0 Å². The van der Waals surface area contributed by atoms with Crippen molar-refractivity contribution in [3.63, 3.8) is 0 Å². The van der Waals surface area contributed by atoms with Crippen molar-refractivity contribution in [1.29, 1.82) is 0 Å². The number of allylic oxidation sites excluding steroid dienone is 2. The number of nitrogens with zero attached hydrogens (tertiary/aromatic N) is 2. The third kappa shape index (κ3) is 1.20. The van der Waals surface area contributed by atoms with Crippen molar-refractivity contribution in [2.75, 3.05) is 6.54 Å². The van der Waals surface area contributed by atoms with Gasteiger partial charge in [-0.2, -0.15) is 0 Å². The molecule has 0 radical (unpaired) electrons. The summed E-state index contributed by atoms with van der Waals surface area (Å²) in [5.41, 5.74) is 0. The van der Waals surface area contributed by atoms with Crippen LogP contribution in [0.4, 0.5) is 0 Å². The predicted octanol–water partition coefficient (Wildman–Crippen LogP) is 1.56. The molecule has 0 saturated heterocycles. The van der Waals surface area contributed by atoms with Crippen LogP contribution in [0.2, 0.25) is 0 Å². The van der Waals surface area contributed by atoms with Gasteiger partial charge in [-0.05, 0) is 25.5 Å². The number of hydrogen-bond donors (Lipinski definition) is 0. The standard InChI is InChI=1S/C9H12N2/c1-8-5-7-11-6-3-2-4-9(11)10-8/h2-4,6,8H,5,7H2,1H3. The van der Waals surface area contributed by atoms with Gasteiger partial charge in [0.15, 0.2) is 0 Å². The lowest BCUT2D eigenvalue weighted by Gasteiger charge is -2.28. The van der Waals surface area contributed by atoms with Gasteiger partial charge in [0, 0.05) is 12.7 Å². The normalized spacial score (nSPS) is 28.3. The van der Waals surface area contributed by atoms with Crippen molar-refractivity contribution in [2.45, 2.75) is 19.4 Å². The molecule has 0 aliphatic carbocycles. The minimum absolute atomic E-state index is 0.498. The van der Waals surface area contributed by atoms with Crippen LogP contribution >= 0.6 is 0 Å². The van der Waals surface area contributed by atoms with Crippen LogP contribution in [0.1, 0.15) is 13.3 Å². The molecule has 2 rings (SSSR count). The summed E-state index contributed by atoms with van der Waals surface area (Å²) in [6.07, 6.45) is 9.41. The molecule has 2 heterocycles. The Hall–Kier alpha value is -1.05. The molecule has 11 heavy (non-hydrogen) atoms. The van der Waals surface area contributed by atoms with Crippen LogP contribution in [-0.2, 0) is 0 Å². The highest BCUT2D eigenvalue weighted by molar-refractivity contribution is 5.95. The van der Waals surface area contributed by atoms with E-state index >= 15 is 0 Å². The van der Waals surface area contributed by atoms with Gasteiger partial charge >= 0.3 is 0 Å². The van der Waals surface area contributed by atoms with E-state index in [0.29, 0.717) is 6.04 Å². The van der Waals surface area contributed by atoms with Crippen molar-refractivity contribution < 1.29 is 0 Å². The molecule has 0 aromatic rings. The van der Waals surface area contributed by atoms with Crippen LogP contribution in [0.5, 0.6) is 0 Å². The summed E-state index contributed by atoms with van der Waals surface area (Å²) in [7, 11) is 0. The van der Waals surface area contributed by atoms with Crippen LogP contribution < -0.4 is 0 Å². The highest BCUT2D eigenvalue weighted by Gasteiger charge is 2.15. The van der Waals surface area contributed by atoms with E-state index in [2.05, 4.69) is 35.2 Å². The molecular formula is C9H12N2. The Labute approximate surface area is 66.9 Å². The Balaban J connectivity index is 2.26. The second kappa shape index (κ2) is 2.53. The Bertz CT molecular complexity index is 238. The highest BCUT2D eigenvalue weighted by Crippen LogP contribution is 2.13. The second-order valence-electron chi connectivity index (χ2n) is 3.02. The smallest absolute Gasteiger partial charge is 0.127 e. The van der Waals surface area contributed by atoms with Crippen LogP contribution in [0.25, 0.3) is 0 Å². The molecule has 2 aliphatic heterocycles. The molecule has 58 valence electrons. The fraction of sp³-hybridized carbons (Fsp3) is 0.444. The number of aliphatic imine (C=N–C) groups is 1. The van der Waals surface area contributed by atoms with Gasteiger partial charge in [-0.25, -0.2) is 0 Å². The van der Waals surface area contributed by atoms with Gasteiger partial charge in [0.2, 0.25) is 0 Å². The summed E-state index contributed by atoms with van der Waals surface area (Å²) < 4.78 is 0. The van der Waals surface area contributed by atoms with Crippen LogP contribution in [0.3, 0.4) is 0 Å². The summed E-state index contributed by atoms with van der Waals surface area (Å²) >= 11 is 0. The molecule has 1 atom stereocenters. The molecule has 2 aliphatic rings. The topological polar surface area (TPSA) is 15.6 Å². The van der Waals surface area contributed by atoms with Crippen LogP contribution in [-0.4, -0.2) is 23.3 Å². The van der Waals surface area contributed by atoms with E-state index in [0.717, 1.165) is 12.4 Å². The predicted molar refractivity (Wildman–Crippen MR) is 46.5 cm³/mol. The van der Waals surface area contributed by atoms with E-state index in [1.807, 2.05) is 6.08 Å². The highest BCUT2D eigenvalue weighted by atomic mass is 15.2. The van der Waals surface area contributed by atoms with Gasteiger partial charge in [0.05, 0.1) is 6.04 Å². The number of rotatable bonds is 0. The minimum atomic E-state index is 0.498. The summed E-state index contributed by atoms with van der Waals surface area (Å²) in [6, 6.07) is 0.498. The second-order valence-corrected chi connectivity index (χ2v) is 3.02. The number of fused-ring (bicyclic) bond motifs is 1. The summed E-state index contributed by atoms with van der Waals surface area (Å²) in [5, 5.41) is 0. The monoisotopic (exact) mass is 148 g/mol. The maximum atomic E-state index is 4.51. The first-order chi connectivity index (χ1) is 5.36. The first-order valence-electron chi connectivity index (χ1n) is 4.05. The quantitative estimate of drug-likeness (QED) is 0.509. The van der Waals surface area contributed by atoms with Crippen molar-refractivity contribution in [3.05, 3.63) is 24.4 Å². The Morgan fingerprint density at radius 3 is 3.36 bits per heavy atom. The largest absolute Gasteiger partial charge is 0.333 e. The van der Waals surface area contributed by atoms with Gasteiger partial charge < -0.3 is 4.90 Å². The average molecular weight is 148 g/mol. The molecule has 2 nitrogen and oxygen atoms in total. The van der Waals surface area contributed by atoms with E-state index in [9.17, 15) is 0 Å². The van der Waals surface area contributed by atoms with E-state index in [-0.39, 0.29) is 0 Å². The lowest BCUT2D eigenvalue weighted by molar-refractivity contribution is 0.463. The molecule has 0 bridgehead atoms. The molecule has 0 spiro atoms. The zero-order valence-corrected chi connectivity index (χ0v) is 6.70. The Morgan fingerprint density at radius 1 is 1.55 bits per heavy atom. The molecular weight excluding hydrogens is 136 g/mol. The van der Waals surface area contributed by atoms with Crippen molar-refractivity contribution >= 4 is 5.84 Å². The molecule has 0 saturated carbocycles. The summed E-state index contributed by atoms with van der Waals surface area (Å²) in [4.78, 5) is 6.70. The zero-order valence-electron chi connectivity index (χ0n) is 6.70. The minimum Gasteiger partial charge on any atom is -0.333 e. The lowest BCUT2D eigenvalue weighted by atomic mass is 10.1. The third-order valence-corrected chi connectivity index (χ3v) is 2.06. The van der Waals surface area contributed by atoms with Crippen LogP contribution in [0.15, 0.2) is 29.4 Å². The maximum absolute atomic E-state index is 4.51. The van der Waals surface area contributed by atoms with E-state index in [4.69, 9.17) is 0 Å². The molecule has 0 fully saturated rings. The van der Waals surface area contributed by atoms with Crippen LogP contribution in [0, 0.1) is 0 Å². The summed E-state index contributed by atoms with van der Waals surface area (Å²) in [5.74, 6) is 1.12. The molecule has 2 heteroatoms. The van der Waals surface area contributed by atoms with Crippen molar-refractivity contribution in [3.8, 4) is 0 Å². The van der Waals surface area contributed by atoms with Gasteiger partial charge in [0.1, 0.15) is 5.84 Å². The fourth-order valence-electron chi connectivity index (χ4n) is 1.39. The lowest BCUT2D eigenvalue weighted by Crippen LogP contribution is -2.33. The van der Waals surface area contributed by atoms with Gasteiger partial charge in [-0.1, -0.05) is 6.08 Å². The van der Waals surface area contributed by atoms with Crippen molar-refractivity contribution in [1.82, 2.24) is 4.90 Å².